The maximum Gasteiger partial charge on any atom is 0.226 e. The van der Waals surface area contributed by atoms with Crippen molar-refractivity contribution in [2.45, 2.75) is 19.1 Å². The molecule has 1 aromatic heterocycles. The standard InChI is InChI=1S/C23H25N3O2S/c27-22(13-20-17-29-23(25-20)19-9-5-2-6-10-19)24-14-21-16-26(11-12-28-21)15-18-7-3-1-4-8-18/h1-10,17,21H,11-16H2,(H,24,27). The van der Waals surface area contributed by atoms with Gasteiger partial charge in [-0.05, 0) is 5.56 Å². The third kappa shape index (κ3) is 5.73. The maximum atomic E-state index is 12.4. The molecule has 1 saturated heterocycles. The molecule has 2 aromatic carbocycles. The first-order valence-corrected chi connectivity index (χ1v) is 10.8. The van der Waals surface area contributed by atoms with Gasteiger partial charge in [0.05, 0.1) is 24.8 Å². The fourth-order valence-corrected chi connectivity index (χ4v) is 4.27. The van der Waals surface area contributed by atoms with E-state index in [4.69, 9.17) is 4.74 Å². The molecule has 6 heteroatoms. The Labute approximate surface area is 175 Å². The third-order valence-electron chi connectivity index (χ3n) is 4.91. The molecule has 3 aromatic rings. The molecule has 5 nitrogen and oxygen atoms in total. The summed E-state index contributed by atoms with van der Waals surface area (Å²) < 4.78 is 5.84. The van der Waals surface area contributed by atoms with Crippen LogP contribution < -0.4 is 5.32 Å². The zero-order valence-corrected chi connectivity index (χ0v) is 17.1. The monoisotopic (exact) mass is 407 g/mol. The number of benzene rings is 2. The third-order valence-corrected chi connectivity index (χ3v) is 5.85. The van der Waals surface area contributed by atoms with Gasteiger partial charge in [-0.1, -0.05) is 60.7 Å². The summed E-state index contributed by atoms with van der Waals surface area (Å²) in [5, 5.41) is 5.91. The number of hydrogen-bond donors (Lipinski definition) is 1. The van der Waals surface area contributed by atoms with Crippen molar-refractivity contribution in [3.8, 4) is 10.6 Å². The maximum absolute atomic E-state index is 12.4. The van der Waals surface area contributed by atoms with Gasteiger partial charge in [0.2, 0.25) is 5.91 Å². The van der Waals surface area contributed by atoms with E-state index in [0.717, 1.165) is 35.9 Å². The Morgan fingerprint density at radius 2 is 1.90 bits per heavy atom. The zero-order chi connectivity index (χ0) is 19.9. The molecule has 1 fully saturated rings. The van der Waals surface area contributed by atoms with Gasteiger partial charge in [0.1, 0.15) is 5.01 Å². The summed E-state index contributed by atoms with van der Waals surface area (Å²) in [5.74, 6) is -0.0151. The van der Waals surface area contributed by atoms with Gasteiger partial charge >= 0.3 is 0 Å². The fraction of sp³-hybridized carbons (Fsp3) is 0.304. The molecule has 1 amide bonds. The van der Waals surface area contributed by atoms with E-state index in [0.29, 0.717) is 19.6 Å². The van der Waals surface area contributed by atoms with Crippen molar-refractivity contribution in [2.24, 2.45) is 0 Å². The number of nitrogens with zero attached hydrogens (tertiary/aromatic N) is 2. The molecule has 1 N–H and O–H groups in total. The Hall–Kier alpha value is -2.54. The van der Waals surface area contributed by atoms with Gasteiger partial charge in [-0.25, -0.2) is 4.98 Å². The molecule has 0 aliphatic carbocycles. The van der Waals surface area contributed by atoms with Gasteiger partial charge in [0.25, 0.3) is 0 Å². The number of hydrogen-bond acceptors (Lipinski definition) is 5. The van der Waals surface area contributed by atoms with E-state index in [1.165, 1.54) is 5.56 Å². The average Bonchev–Trinajstić information content (AvgIpc) is 3.22. The molecule has 1 aliphatic heterocycles. The number of thiazole rings is 1. The highest BCUT2D eigenvalue weighted by molar-refractivity contribution is 7.13. The topological polar surface area (TPSA) is 54.5 Å². The molecular weight excluding hydrogens is 382 g/mol. The van der Waals surface area contributed by atoms with Crippen molar-refractivity contribution in [1.29, 1.82) is 0 Å². The SMILES string of the molecule is O=C(Cc1csc(-c2ccccc2)n1)NCC1CN(Cc2ccccc2)CCO1. The summed E-state index contributed by atoms with van der Waals surface area (Å²) in [6, 6.07) is 20.5. The number of rotatable bonds is 7. The van der Waals surface area contributed by atoms with Gasteiger partial charge < -0.3 is 10.1 Å². The van der Waals surface area contributed by atoms with Crippen LogP contribution in [0.15, 0.2) is 66.0 Å². The van der Waals surface area contributed by atoms with E-state index < -0.39 is 0 Å². The second kappa shape index (κ2) is 9.78. The van der Waals surface area contributed by atoms with Crippen LogP contribution in [0.4, 0.5) is 0 Å². The minimum absolute atomic E-state index is 0.0151. The second-order valence-electron chi connectivity index (χ2n) is 7.20. The lowest BCUT2D eigenvalue weighted by Gasteiger charge is -2.33. The first-order valence-electron chi connectivity index (χ1n) is 9.90. The van der Waals surface area contributed by atoms with E-state index in [2.05, 4.69) is 39.5 Å². The summed E-state index contributed by atoms with van der Waals surface area (Å²) in [5.41, 5.74) is 3.19. The molecule has 4 rings (SSSR count). The summed E-state index contributed by atoms with van der Waals surface area (Å²) in [6.07, 6.45) is 0.316. The minimum atomic E-state index is -0.0151. The number of carbonyl (C=O) groups excluding carboxylic acids is 1. The molecule has 1 aliphatic rings. The van der Waals surface area contributed by atoms with E-state index in [-0.39, 0.29) is 12.0 Å². The molecule has 0 bridgehead atoms. The molecule has 2 heterocycles. The van der Waals surface area contributed by atoms with Gasteiger partial charge in [0.15, 0.2) is 0 Å². The molecule has 1 atom stereocenters. The molecule has 1 unspecified atom stereocenters. The summed E-state index contributed by atoms with van der Waals surface area (Å²) in [7, 11) is 0. The largest absolute Gasteiger partial charge is 0.374 e. The van der Waals surface area contributed by atoms with E-state index in [9.17, 15) is 4.79 Å². The lowest BCUT2D eigenvalue weighted by atomic mass is 10.2. The van der Waals surface area contributed by atoms with Crippen LogP contribution in [0.25, 0.3) is 10.6 Å². The first-order chi connectivity index (χ1) is 14.3. The van der Waals surface area contributed by atoms with Crippen LogP contribution in [0.5, 0.6) is 0 Å². The van der Waals surface area contributed by atoms with Crippen molar-refractivity contribution < 1.29 is 9.53 Å². The fourth-order valence-electron chi connectivity index (χ4n) is 3.45. The lowest BCUT2D eigenvalue weighted by molar-refractivity contribution is -0.121. The Morgan fingerprint density at radius 3 is 2.69 bits per heavy atom. The molecule has 0 radical (unpaired) electrons. The highest BCUT2D eigenvalue weighted by atomic mass is 32.1. The number of carbonyl (C=O) groups is 1. The van der Waals surface area contributed by atoms with Crippen molar-refractivity contribution in [2.75, 3.05) is 26.2 Å². The Kier molecular flexibility index (Phi) is 6.67. The predicted molar refractivity (Wildman–Crippen MR) is 116 cm³/mol. The van der Waals surface area contributed by atoms with Crippen molar-refractivity contribution >= 4 is 17.2 Å². The highest BCUT2D eigenvalue weighted by Gasteiger charge is 2.21. The van der Waals surface area contributed by atoms with Crippen molar-refractivity contribution in [3.05, 3.63) is 77.3 Å². The van der Waals surface area contributed by atoms with E-state index >= 15 is 0 Å². The van der Waals surface area contributed by atoms with Gasteiger partial charge in [-0.3, -0.25) is 9.69 Å². The van der Waals surface area contributed by atoms with Gasteiger partial charge in [0, 0.05) is 37.1 Å². The van der Waals surface area contributed by atoms with Gasteiger partial charge in [-0.2, -0.15) is 0 Å². The smallest absolute Gasteiger partial charge is 0.226 e. The molecule has 150 valence electrons. The van der Waals surface area contributed by atoms with Crippen LogP contribution in [0.3, 0.4) is 0 Å². The number of nitrogens with one attached hydrogen (secondary N) is 1. The van der Waals surface area contributed by atoms with E-state index in [1.807, 2.05) is 41.8 Å². The molecule has 0 spiro atoms. The van der Waals surface area contributed by atoms with Crippen molar-refractivity contribution in [3.63, 3.8) is 0 Å². The lowest BCUT2D eigenvalue weighted by Crippen LogP contribution is -2.47. The molecule has 0 saturated carbocycles. The summed E-state index contributed by atoms with van der Waals surface area (Å²) >= 11 is 1.57. The quantitative estimate of drug-likeness (QED) is 0.652. The number of morpholine rings is 1. The Balaban J connectivity index is 1.24. The first kappa shape index (κ1) is 19.8. The van der Waals surface area contributed by atoms with Crippen LogP contribution in [0, 0.1) is 0 Å². The van der Waals surface area contributed by atoms with Crippen LogP contribution in [-0.2, 0) is 22.5 Å². The second-order valence-corrected chi connectivity index (χ2v) is 8.06. The summed E-state index contributed by atoms with van der Waals surface area (Å²) in [6.45, 7) is 3.87. The number of amides is 1. The van der Waals surface area contributed by atoms with Crippen molar-refractivity contribution in [1.82, 2.24) is 15.2 Å². The van der Waals surface area contributed by atoms with Crippen LogP contribution in [0.2, 0.25) is 0 Å². The normalized spacial score (nSPS) is 17.2. The average molecular weight is 408 g/mol. The molecular formula is C23H25N3O2S. The van der Waals surface area contributed by atoms with Gasteiger partial charge in [-0.15, -0.1) is 11.3 Å². The number of aromatic nitrogens is 1. The number of ether oxygens (including phenoxy) is 1. The zero-order valence-electron chi connectivity index (χ0n) is 16.3. The van der Waals surface area contributed by atoms with Crippen LogP contribution in [-0.4, -0.2) is 48.1 Å². The highest BCUT2D eigenvalue weighted by Crippen LogP contribution is 2.23. The predicted octanol–water partition coefficient (Wildman–Crippen LogP) is 3.37. The minimum Gasteiger partial charge on any atom is -0.374 e. The summed E-state index contributed by atoms with van der Waals surface area (Å²) in [4.78, 5) is 19.3. The Morgan fingerprint density at radius 1 is 1.14 bits per heavy atom. The molecule has 29 heavy (non-hydrogen) atoms. The van der Waals surface area contributed by atoms with Crippen LogP contribution >= 0.6 is 11.3 Å². The Bertz CT molecular complexity index is 914. The van der Waals surface area contributed by atoms with E-state index in [1.54, 1.807) is 11.3 Å². The van der Waals surface area contributed by atoms with Crippen LogP contribution in [0.1, 0.15) is 11.3 Å².